The first-order valence-electron chi connectivity index (χ1n) is 13.6. The number of aromatic nitrogens is 5. The molecule has 0 radical (unpaired) electrons. The smallest absolute Gasteiger partial charge is 0.244 e. The van der Waals surface area contributed by atoms with Crippen molar-refractivity contribution < 1.29 is 23.0 Å². The second-order valence-electron chi connectivity index (χ2n) is 9.94. The molecule has 12 heteroatoms. The Hall–Kier alpha value is -4.45. The highest BCUT2D eigenvalue weighted by Crippen LogP contribution is 2.24. The highest BCUT2D eigenvalue weighted by molar-refractivity contribution is 5.77. The van der Waals surface area contributed by atoms with Crippen LogP contribution < -0.4 is 9.64 Å². The first-order chi connectivity index (χ1) is 20.0. The molecular formula is C29H29F2N7O3. The van der Waals surface area contributed by atoms with Crippen LogP contribution in [0.5, 0.6) is 5.88 Å². The first kappa shape index (κ1) is 26.8. The van der Waals surface area contributed by atoms with Gasteiger partial charge >= 0.3 is 0 Å². The average Bonchev–Trinajstić information content (AvgIpc) is 3.42. The van der Waals surface area contributed by atoms with Gasteiger partial charge < -0.3 is 19.3 Å². The number of ether oxygens (including phenoxy) is 2. The number of hydrogen-bond donors (Lipinski definition) is 0. The fourth-order valence-corrected chi connectivity index (χ4v) is 4.93. The van der Waals surface area contributed by atoms with Crippen LogP contribution in [-0.2, 0) is 16.1 Å². The zero-order valence-electron chi connectivity index (χ0n) is 22.3. The number of benzene rings is 2. The van der Waals surface area contributed by atoms with Crippen LogP contribution in [-0.4, -0.2) is 81.0 Å². The van der Waals surface area contributed by atoms with Gasteiger partial charge in [-0.15, -0.1) is 5.10 Å². The molecule has 212 valence electrons. The summed E-state index contributed by atoms with van der Waals surface area (Å²) in [5.41, 5.74) is 1.23. The van der Waals surface area contributed by atoms with Gasteiger partial charge in [0.15, 0.2) is 11.6 Å². The van der Waals surface area contributed by atoms with Crippen molar-refractivity contribution in [1.82, 2.24) is 29.6 Å². The molecule has 2 aliphatic heterocycles. The summed E-state index contributed by atoms with van der Waals surface area (Å²) in [6.45, 7) is 3.54. The molecule has 0 aliphatic carbocycles. The molecule has 0 atom stereocenters. The monoisotopic (exact) mass is 561 g/mol. The third kappa shape index (κ3) is 6.32. The number of amides is 1. The lowest BCUT2D eigenvalue weighted by Gasteiger charge is -2.35. The topological polar surface area (TPSA) is 98.5 Å². The molecule has 0 bridgehead atoms. The van der Waals surface area contributed by atoms with Crippen LogP contribution in [0.3, 0.4) is 0 Å². The van der Waals surface area contributed by atoms with Gasteiger partial charge in [-0.3, -0.25) is 4.79 Å². The fraction of sp³-hybridized carbons (Fsp3) is 0.345. The lowest BCUT2D eigenvalue weighted by atomic mass is 10.1. The van der Waals surface area contributed by atoms with E-state index in [2.05, 4.69) is 25.0 Å². The summed E-state index contributed by atoms with van der Waals surface area (Å²) >= 11 is 0. The van der Waals surface area contributed by atoms with Crippen LogP contribution in [0.1, 0.15) is 12.8 Å². The molecule has 2 aliphatic rings. The number of halogens is 2. The molecule has 2 fully saturated rings. The second kappa shape index (κ2) is 12.0. The third-order valence-corrected chi connectivity index (χ3v) is 7.20. The van der Waals surface area contributed by atoms with Crippen molar-refractivity contribution in [2.45, 2.75) is 25.5 Å². The predicted octanol–water partition coefficient (Wildman–Crippen LogP) is 3.59. The van der Waals surface area contributed by atoms with E-state index in [1.165, 1.54) is 35.3 Å². The van der Waals surface area contributed by atoms with Crippen LogP contribution in [0.2, 0.25) is 0 Å². The van der Waals surface area contributed by atoms with Crippen LogP contribution in [0.4, 0.5) is 14.6 Å². The third-order valence-electron chi connectivity index (χ3n) is 7.20. The molecule has 10 nitrogen and oxygen atoms in total. The number of piperazine rings is 1. The van der Waals surface area contributed by atoms with Gasteiger partial charge in [0, 0.05) is 56.2 Å². The van der Waals surface area contributed by atoms with E-state index < -0.39 is 0 Å². The van der Waals surface area contributed by atoms with Crippen LogP contribution in [0, 0.1) is 11.6 Å². The van der Waals surface area contributed by atoms with Crippen molar-refractivity contribution >= 4 is 11.7 Å². The van der Waals surface area contributed by atoms with Gasteiger partial charge in [0.05, 0.1) is 13.2 Å². The van der Waals surface area contributed by atoms with Crippen LogP contribution >= 0.6 is 0 Å². The molecule has 4 aromatic rings. The summed E-state index contributed by atoms with van der Waals surface area (Å²) < 4.78 is 40.0. The first-order valence-corrected chi connectivity index (χ1v) is 13.6. The standard InChI is InChI=1S/C29H29F2N7O3/c30-22-5-1-20(2-6-22)28-34-29(21-3-7-23(31)8-4-21)38(35-28)18-27(39)37-13-11-36(12-14-37)25-17-26(33-19-32-25)41-24-9-15-40-16-10-24/h1-8,17,19,24H,9-16,18H2. The Bertz CT molecular complexity index is 1480. The van der Waals surface area contributed by atoms with E-state index >= 15 is 0 Å². The van der Waals surface area contributed by atoms with Gasteiger partial charge in [0.1, 0.15) is 36.4 Å². The lowest BCUT2D eigenvalue weighted by molar-refractivity contribution is -0.132. The minimum Gasteiger partial charge on any atom is -0.474 e. The molecule has 0 unspecified atom stereocenters. The van der Waals surface area contributed by atoms with E-state index in [1.54, 1.807) is 29.2 Å². The van der Waals surface area contributed by atoms with Crippen molar-refractivity contribution in [3.63, 3.8) is 0 Å². The minimum atomic E-state index is -0.376. The van der Waals surface area contributed by atoms with Gasteiger partial charge in [-0.2, -0.15) is 0 Å². The minimum absolute atomic E-state index is 0.0441. The molecule has 4 heterocycles. The Morgan fingerprint density at radius 3 is 2.24 bits per heavy atom. The van der Waals surface area contributed by atoms with Gasteiger partial charge in [-0.05, 0) is 48.5 Å². The maximum atomic E-state index is 13.6. The number of nitrogens with zero attached hydrogens (tertiary/aromatic N) is 7. The summed E-state index contributed by atoms with van der Waals surface area (Å²) in [7, 11) is 0. The summed E-state index contributed by atoms with van der Waals surface area (Å²) in [4.78, 5) is 30.5. The van der Waals surface area contributed by atoms with E-state index in [-0.39, 0.29) is 30.2 Å². The average molecular weight is 562 g/mol. The van der Waals surface area contributed by atoms with E-state index in [4.69, 9.17) is 9.47 Å². The van der Waals surface area contributed by atoms with Crippen molar-refractivity contribution in [3.8, 4) is 28.7 Å². The Kier molecular flexibility index (Phi) is 7.81. The van der Waals surface area contributed by atoms with Crippen LogP contribution in [0.15, 0.2) is 60.9 Å². The van der Waals surface area contributed by atoms with Crippen molar-refractivity contribution in [1.29, 1.82) is 0 Å². The maximum absolute atomic E-state index is 13.6. The van der Waals surface area contributed by atoms with Gasteiger partial charge in [-0.25, -0.2) is 28.4 Å². The summed E-state index contributed by atoms with van der Waals surface area (Å²) in [6.07, 6.45) is 3.25. The molecular weight excluding hydrogens is 532 g/mol. The number of rotatable bonds is 7. The molecule has 2 saturated heterocycles. The van der Waals surface area contributed by atoms with Crippen LogP contribution in [0.25, 0.3) is 22.8 Å². The number of carbonyl (C=O) groups excluding carboxylic acids is 1. The lowest BCUT2D eigenvalue weighted by Crippen LogP contribution is -2.50. The molecule has 41 heavy (non-hydrogen) atoms. The SMILES string of the molecule is O=C(Cn1nc(-c2ccc(F)cc2)nc1-c1ccc(F)cc1)N1CCN(c2cc(OC3CCOCC3)ncn2)CC1. The molecule has 1 amide bonds. The Balaban J connectivity index is 1.13. The predicted molar refractivity (Wildman–Crippen MR) is 146 cm³/mol. The molecule has 2 aromatic heterocycles. The zero-order valence-corrected chi connectivity index (χ0v) is 22.3. The maximum Gasteiger partial charge on any atom is 0.244 e. The summed E-state index contributed by atoms with van der Waals surface area (Å²) in [5.74, 6) is 1.21. The van der Waals surface area contributed by atoms with Gasteiger partial charge in [0.2, 0.25) is 11.8 Å². The quantitative estimate of drug-likeness (QED) is 0.338. The van der Waals surface area contributed by atoms with E-state index in [0.717, 1.165) is 18.7 Å². The second-order valence-corrected chi connectivity index (χ2v) is 9.94. The van der Waals surface area contributed by atoms with Crippen molar-refractivity contribution in [2.24, 2.45) is 0 Å². The highest BCUT2D eigenvalue weighted by atomic mass is 19.1. The largest absolute Gasteiger partial charge is 0.474 e. The normalized spacial score (nSPS) is 16.1. The Morgan fingerprint density at radius 1 is 0.902 bits per heavy atom. The number of hydrogen-bond acceptors (Lipinski definition) is 8. The van der Waals surface area contributed by atoms with Gasteiger partial charge in [0.25, 0.3) is 0 Å². The molecule has 0 N–H and O–H groups in total. The Morgan fingerprint density at radius 2 is 1.56 bits per heavy atom. The number of carbonyl (C=O) groups is 1. The highest BCUT2D eigenvalue weighted by Gasteiger charge is 2.25. The number of anilines is 1. The molecule has 0 saturated carbocycles. The fourth-order valence-electron chi connectivity index (χ4n) is 4.93. The summed E-state index contributed by atoms with van der Waals surface area (Å²) in [5, 5.41) is 4.56. The van der Waals surface area contributed by atoms with E-state index in [9.17, 15) is 13.6 Å². The Labute approximate surface area is 235 Å². The van der Waals surface area contributed by atoms with E-state index in [1.807, 2.05) is 6.07 Å². The van der Waals surface area contributed by atoms with Gasteiger partial charge in [-0.1, -0.05) is 0 Å². The van der Waals surface area contributed by atoms with Crippen molar-refractivity contribution in [2.75, 3.05) is 44.3 Å². The molecule has 6 rings (SSSR count). The van der Waals surface area contributed by atoms with E-state index in [0.29, 0.717) is 68.0 Å². The molecule has 2 aromatic carbocycles. The van der Waals surface area contributed by atoms with Crippen molar-refractivity contribution in [3.05, 3.63) is 72.6 Å². The molecule has 0 spiro atoms. The zero-order chi connectivity index (χ0) is 28.2. The summed E-state index contributed by atoms with van der Waals surface area (Å²) in [6, 6.07) is 13.5.